The lowest BCUT2D eigenvalue weighted by Gasteiger charge is -2.25. The molecule has 0 saturated heterocycles. The van der Waals surface area contributed by atoms with Crippen LogP contribution in [-0.2, 0) is 23.7 Å². The van der Waals surface area contributed by atoms with Gasteiger partial charge in [-0.25, -0.2) is 0 Å². The van der Waals surface area contributed by atoms with Crippen LogP contribution in [0.1, 0.15) is 90.5 Å². The summed E-state index contributed by atoms with van der Waals surface area (Å²) in [7, 11) is 3.57. The van der Waals surface area contributed by atoms with E-state index in [1.165, 1.54) is 35.1 Å². The average Bonchev–Trinajstić information content (AvgIpc) is 2.71. The van der Waals surface area contributed by atoms with Gasteiger partial charge in [0.25, 0.3) is 0 Å². The van der Waals surface area contributed by atoms with Crippen molar-refractivity contribution in [1.82, 2.24) is 0 Å². The Morgan fingerprint density at radius 2 is 1.16 bits per heavy atom. The number of hydrogen-bond acceptors (Lipinski definition) is 2. The highest BCUT2D eigenvalue weighted by Gasteiger charge is 2.21. The molecule has 0 aliphatic carbocycles. The Balaban J connectivity index is 2.18. The van der Waals surface area contributed by atoms with Crippen molar-refractivity contribution in [3.05, 3.63) is 58.7 Å². The molecule has 2 aromatic rings. The van der Waals surface area contributed by atoms with E-state index in [0.717, 1.165) is 24.3 Å². The molecule has 2 aromatic carbocycles. The molecule has 0 aliphatic heterocycles. The Morgan fingerprint density at radius 1 is 0.719 bits per heavy atom. The maximum Gasteiger partial charge on any atom is 0.122 e. The molecular weight excluding hydrogens is 392 g/mol. The summed E-state index contributed by atoms with van der Waals surface area (Å²) < 4.78 is 11.4. The lowest BCUT2D eigenvalue weighted by molar-refractivity contribution is 0.358. The quantitative estimate of drug-likeness (QED) is 0.393. The molecule has 2 rings (SSSR count). The lowest BCUT2D eigenvalue weighted by atomic mass is 9.81. The number of benzene rings is 2. The van der Waals surface area contributed by atoms with Crippen molar-refractivity contribution in [3.63, 3.8) is 0 Å². The van der Waals surface area contributed by atoms with Crippen LogP contribution in [0.15, 0.2) is 36.4 Å². The summed E-state index contributed by atoms with van der Waals surface area (Å²) >= 11 is 0. The zero-order valence-corrected chi connectivity index (χ0v) is 22.3. The number of hydrogen-bond donors (Lipinski definition) is 0. The summed E-state index contributed by atoms with van der Waals surface area (Å²) in [6.07, 6.45) is 4.48. The molecule has 0 aliphatic rings. The van der Waals surface area contributed by atoms with Gasteiger partial charge in [0.05, 0.1) is 14.2 Å². The summed E-state index contributed by atoms with van der Waals surface area (Å²) in [5.74, 6) is 3.24. The van der Waals surface area contributed by atoms with Crippen molar-refractivity contribution in [2.75, 3.05) is 14.2 Å². The predicted octanol–water partition coefficient (Wildman–Crippen LogP) is 8.14. The van der Waals surface area contributed by atoms with Gasteiger partial charge >= 0.3 is 0 Å². The highest BCUT2D eigenvalue weighted by Crippen LogP contribution is 2.34. The standard InChI is InChI=1S/C30H46O2/c1-11-22(18-24-20-26(30(6,7)8)13-15-28(24)32-10)16-21(2)17-23-19-25(29(3,4)5)12-14-27(23)31-9/h12-15,19-22H,11,16-18H2,1-10H3/t21-,22-/m1/s1. The highest BCUT2D eigenvalue weighted by molar-refractivity contribution is 5.41. The third kappa shape index (κ3) is 7.02. The van der Waals surface area contributed by atoms with E-state index in [9.17, 15) is 0 Å². The Kier molecular flexibility index (Phi) is 8.85. The Labute approximate surface area is 197 Å². The fourth-order valence-corrected chi connectivity index (χ4v) is 4.54. The van der Waals surface area contributed by atoms with E-state index in [1.54, 1.807) is 14.2 Å². The maximum atomic E-state index is 5.72. The van der Waals surface area contributed by atoms with Crippen molar-refractivity contribution in [1.29, 1.82) is 0 Å². The fraction of sp³-hybridized carbons (Fsp3) is 0.600. The molecular formula is C30H46O2. The van der Waals surface area contributed by atoms with Gasteiger partial charge in [0, 0.05) is 0 Å². The topological polar surface area (TPSA) is 18.5 Å². The smallest absolute Gasteiger partial charge is 0.122 e. The first-order valence-electron chi connectivity index (χ1n) is 12.2. The maximum absolute atomic E-state index is 5.72. The fourth-order valence-electron chi connectivity index (χ4n) is 4.54. The number of ether oxygens (including phenoxy) is 2. The van der Waals surface area contributed by atoms with Crippen LogP contribution in [0.4, 0.5) is 0 Å². The Hall–Kier alpha value is -1.96. The van der Waals surface area contributed by atoms with Gasteiger partial charge in [-0.3, -0.25) is 0 Å². The van der Waals surface area contributed by atoms with Crippen molar-refractivity contribution < 1.29 is 9.47 Å². The summed E-state index contributed by atoms with van der Waals surface area (Å²) in [6.45, 7) is 18.3. The molecule has 0 unspecified atom stereocenters. The second kappa shape index (κ2) is 10.8. The van der Waals surface area contributed by atoms with Crippen LogP contribution < -0.4 is 9.47 Å². The van der Waals surface area contributed by atoms with Gasteiger partial charge in [-0.2, -0.15) is 0 Å². The van der Waals surface area contributed by atoms with E-state index in [4.69, 9.17) is 9.47 Å². The molecule has 0 heterocycles. The third-order valence-electron chi connectivity index (χ3n) is 6.68. The van der Waals surface area contributed by atoms with Crippen LogP contribution in [0, 0.1) is 11.8 Å². The van der Waals surface area contributed by atoms with Gasteiger partial charge < -0.3 is 9.47 Å². The zero-order chi connectivity index (χ0) is 24.1. The molecule has 2 atom stereocenters. The summed E-state index contributed by atoms with van der Waals surface area (Å²) in [5, 5.41) is 0. The van der Waals surface area contributed by atoms with Gasteiger partial charge in [0.1, 0.15) is 11.5 Å². The largest absolute Gasteiger partial charge is 0.496 e. The first kappa shape index (κ1) is 26.3. The van der Waals surface area contributed by atoms with E-state index in [0.29, 0.717) is 11.8 Å². The average molecular weight is 439 g/mol. The van der Waals surface area contributed by atoms with Gasteiger partial charge in [0.2, 0.25) is 0 Å². The minimum atomic E-state index is 0.144. The molecule has 2 nitrogen and oxygen atoms in total. The van der Waals surface area contributed by atoms with Gasteiger partial charge in [-0.15, -0.1) is 0 Å². The van der Waals surface area contributed by atoms with Crippen molar-refractivity contribution in [3.8, 4) is 11.5 Å². The zero-order valence-electron chi connectivity index (χ0n) is 22.3. The van der Waals surface area contributed by atoms with Crippen LogP contribution >= 0.6 is 0 Å². The van der Waals surface area contributed by atoms with Crippen molar-refractivity contribution in [2.45, 2.75) is 91.9 Å². The summed E-state index contributed by atoms with van der Waals surface area (Å²) in [6, 6.07) is 13.4. The van der Waals surface area contributed by atoms with Gasteiger partial charge in [0.15, 0.2) is 0 Å². The molecule has 178 valence electrons. The number of rotatable bonds is 9. The van der Waals surface area contributed by atoms with Crippen LogP contribution in [0.2, 0.25) is 0 Å². The molecule has 32 heavy (non-hydrogen) atoms. The molecule has 0 amide bonds. The van der Waals surface area contributed by atoms with E-state index in [1.807, 2.05) is 0 Å². The predicted molar refractivity (Wildman–Crippen MR) is 138 cm³/mol. The molecule has 0 saturated carbocycles. The summed E-state index contributed by atoms with van der Waals surface area (Å²) in [4.78, 5) is 0. The van der Waals surface area contributed by atoms with E-state index in [-0.39, 0.29) is 10.8 Å². The van der Waals surface area contributed by atoms with Gasteiger partial charge in [-0.1, -0.05) is 86.1 Å². The van der Waals surface area contributed by atoms with E-state index < -0.39 is 0 Å². The monoisotopic (exact) mass is 438 g/mol. The third-order valence-corrected chi connectivity index (χ3v) is 6.68. The summed E-state index contributed by atoms with van der Waals surface area (Å²) in [5.41, 5.74) is 5.70. The molecule has 0 bridgehead atoms. The van der Waals surface area contributed by atoms with Crippen LogP contribution in [0.25, 0.3) is 0 Å². The molecule has 0 radical (unpaired) electrons. The minimum absolute atomic E-state index is 0.144. The van der Waals surface area contributed by atoms with Crippen molar-refractivity contribution >= 4 is 0 Å². The van der Waals surface area contributed by atoms with Gasteiger partial charge in [-0.05, 0) is 76.3 Å². The second-order valence-electron chi connectivity index (χ2n) is 11.6. The number of methoxy groups -OCH3 is 2. The SMILES string of the molecule is CC[C@@H](Cc1cc(C(C)(C)C)ccc1OC)C[C@@H](C)Cc1cc(C(C)(C)C)ccc1OC. The second-order valence-corrected chi connectivity index (χ2v) is 11.6. The normalized spacial score (nSPS) is 14.2. The Morgan fingerprint density at radius 3 is 1.53 bits per heavy atom. The van der Waals surface area contributed by atoms with Crippen LogP contribution in [-0.4, -0.2) is 14.2 Å². The molecule has 0 spiro atoms. The lowest BCUT2D eigenvalue weighted by Crippen LogP contribution is -2.15. The molecule has 0 N–H and O–H groups in total. The molecule has 0 fully saturated rings. The molecule has 0 aromatic heterocycles. The van der Waals surface area contributed by atoms with Crippen LogP contribution in [0.3, 0.4) is 0 Å². The van der Waals surface area contributed by atoms with Crippen LogP contribution in [0.5, 0.6) is 11.5 Å². The first-order chi connectivity index (χ1) is 14.9. The minimum Gasteiger partial charge on any atom is -0.496 e. The van der Waals surface area contributed by atoms with E-state index in [2.05, 4.69) is 91.8 Å². The molecule has 2 heteroatoms. The highest BCUT2D eigenvalue weighted by atomic mass is 16.5. The van der Waals surface area contributed by atoms with E-state index >= 15 is 0 Å². The Bertz CT molecular complexity index is 867. The first-order valence-corrected chi connectivity index (χ1v) is 12.2. The van der Waals surface area contributed by atoms with Crippen molar-refractivity contribution in [2.24, 2.45) is 11.8 Å².